The lowest BCUT2D eigenvalue weighted by atomic mass is 10.1. The molecule has 0 heterocycles. The highest BCUT2D eigenvalue weighted by Gasteiger charge is 1.98. The van der Waals surface area contributed by atoms with Crippen molar-refractivity contribution >= 4 is 24.4 Å². The van der Waals surface area contributed by atoms with Crippen molar-refractivity contribution < 1.29 is 5.11 Å². The second-order valence-corrected chi connectivity index (χ2v) is 7.19. The van der Waals surface area contributed by atoms with Gasteiger partial charge in [-0.15, -0.1) is 24.4 Å². The third-order valence-corrected chi connectivity index (χ3v) is 5.38. The molecular weight excluding hydrogens is 296 g/mol. The lowest BCUT2D eigenvalue weighted by molar-refractivity contribution is 0.282. The smallest absolute Gasteiger partial charge is 0.0431 e. The van der Waals surface area contributed by atoms with Crippen molar-refractivity contribution in [1.82, 2.24) is 0 Å². The Hall–Kier alpha value is -0.120. The van der Waals surface area contributed by atoms with Gasteiger partial charge in [0.1, 0.15) is 0 Å². The van der Waals surface area contributed by atoms with Gasteiger partial charge in [-0.3, -0.25) is 0 Å². The Morgan fingerprint density at radius 1 is 0.762 bits per heavy atom. The molecule has 0 saturated carbocycles. The van der Waals surface area contributed by atoms with Crippen LogP contribution in [0.15, 0.2) is 34.1 Å². The van der Waals surface area contributed by atoms with Crippen LogP contribution in [-0.2, 0) is 0 Å². The summed E-state index contributed by atoms with van der Waals surface area (Å²) >= 11 is 6.41. The average Bonchev–Trinajstić information content (AvgIpc) is 2.50. The molecular formula is C18H30OS2. The topological polar surface area (TPSA) is 20.2 Å². The summed E-state index contributed by atoms with van der Waals surface area (Å²) < 4.78 is 0. The van der Waals surface area contributed by atoms with Gasteiger partial charge in [0, 0.05) is 16.4 Å². The zero-order chi connectivity index (χ0) is 15.2. The van der Waals surface area contributed by atoms with Crippen LogP contribution < -0.4 is 0 Å². The fourth-order valence-electron chi connectivity index (χ4n) is 2.39. The van der Waals surface area contributed by atoms with Crippen LogP contribution in [0, 0.1) is 0 Å². The number of unbranched alkanes of at least 4 members (excludes halogenated alkanes) is 9. The molecule has 1 aromatic rings. The Balaban J connectivity index is 1.84. The molecule has 0 radical (unpaired) electrons. The lowest BCUT2D eigenvalue weighted by Crippen LogP contribution is -1.85. The van der Waals surface area contributed by atoms with Gasteiger partial charge in [-0.05, 0) is 30.7 Å². The molecule has 0 atom stereocenters. The minimum absolute atomic E-state index is 0.357. The van der Waals surface area contributed by atoms with Gasteiger partial charge < -0.3 is 5.11 Å². The van der Waals surface area contributed by atoms with E-state index in [1.165, 1.54) is 68.4 Å². The van der Waals surface area contributed by atoms with Crippen LogP contribution >= 0.6 is 24.4 Å². The molecule has 3 heteroatoms. The third kappa shape index (κ3) is 10.3. The number of rotatable bonds is 13. The second-order valence-electron chi connectivity index (χ2n) is 5.58. The van der Waals surface area contributed by atoms with E-state index in [1.54, 1.807) is 0 Å². The molecule has 120 valence electrons. The van der Waals surface area contributed by atoms with Crippen molar-refractivity contribution in [3.63, 3.8) is 0 Å². The molecule has 0 bridgehead atoms. The Kier molecular flexibility index (Phi) is 12.2. The first-order valence-electron chi connectivity index (χ1n) is 8.36. The molecule has 21 heavy (non-hydrogen) atoms. The molecule has 0 fully saturated rings. The van der Waals surface area contributed by atoms with Crippen molar-refractivity contribution in [3.05, 3.63) is 24.3 Å². The van der Waals surface area contributed by atoms with E-state index < -0.39 is 0 Å². The molecule has 1 nitrogen and oxygen atoms in total. The summed E-state index contributed by atoms with van der Waals surface area (Å²) in [6, 6.07) is 8.34. The Morgan fingerprint density at radius 3 is 1.86 bits per heavy atom. The van der Waals surface area contributed by atoms with E-state index in [0.29, 0.717) is 6.61 Å². The van der Waals surface area contributed by atoms with Gasteiger partial charge in [-0.1, -0.05) is 63.5 Å². The van der Waals surface area contributed by atoms with Crippen LogP contribution in [0.4, 0.5) is 0 Å². The van der Waals surface area contributed by atoms with Gasteiger partial charge in [-0.2, -0.15) is 0 Å². The number of hydrogen-bond acceptors (Lipinski definition) is 3. The van der Waals surface area contributed by atoms with Crippen LogP contribution in [0.25, 0.3) is 0 Å². The standard InChI is InChI=1S/C18H30OS2/c19-15-11-7-5-3-1-2-4-6-8-12-16-21-18-14-10-9-13-17(18)20/h9-10,13-14,19-20H,1-8,11-12,15-16H2. The minimum Gasteiger partial charge on any atom is -0.396 e. The van der Waals surface area contributed by atoms with Gasteiger partial charge in [0.05, 0.1) is 0 Å². The fraction of sp³-hybridized carbons (Fsp3) is 0.667. The van der Waals surface area contributed by atoms with Crippen LogP contribution in [0.2, 0.25) is 0 Å². The second kappa shape index (κ2) is 13.5. The Morgan fingerprint density at radius 2 is 1.29 bits per heavy atom. The Bertz CT molecular complexity index is 355. The zero-order valence-corrected chi connectivity index (χ0v) is 14.8. The summed E-state index contributed by atoms with van der Waals surface area (Å²) in [6.45, 7) is 0.357. The summed E-state index contributed by atoms with van der Waals surface area (Å²) in [6.07, 6.45) is 13.0. The van der Waals surface area contributed by atoms with Crippen molar-refractivity contribution in [2.75, 3.05) is 12.4 Å². The largest absolute Gasteiger partial charge is 0.396 e. The molecule has 0 saturated heterocycles. The van der Waals surface area contributed by atoms with Crippen molar-refractivity contribution in [2.24, 2.45) is 0 Å². The summed E-state index contributed by atoms with van der Waals surface area (Å²) in [7, 11) is 0. The van der Waals surface area contributed by atoms with Crippen LogP contribution in [0.3, 0.4) is 0 Å². The molecule has 0 aliphatic carbocycles. The number of thioether (sulfide) groups is 1. The molecule has 0 unspecified atom stereocenters. The van der Waals surface area contributed by atoms with E-state index in [0.717, 1.165) is 11.3 Å². The molecule has 0 spiro atoms. The van der Waals surface area contributed by atoms with E-state index in [1.807, 2.05) is 17.8 Å². The number of benzene rings is 1. The van der Waals surface area contributed by atoms with Gasteiger partial charge in [-0.25, -0.2) is 0 Å². The predicted molar refractivity (Wildman–Crippen MR) is 97.7 cm³/mol. The number of aliphatic hydroxyl groups is 1. The quantitative estimate of drug-likeness (QED) is 0.265. The van der Waals surface area contributed by atoms with E-state index >= 15 is 0 Å². The minimum atomic E-state index is 0.357. The monoisotopic (exact) mass is 326 g/mol. The first kappa shape index (κ1) is 18.9. The molecule has 1 aromatic carbocycles. The summed E-state index contributed by atoms with van der Waals surface area (Å²) in [5, 5.41) is 8.69. The Labute approximate surface area is 140 Å². The van der Waals surface area contributed by atoms with E-state index in [9.17, 15) is 0 Å². The maximum Gasteiger partial charge on any atom is 0.0431 e. The molecule has 1 N–H and O–H groups in total. The number of thiol groups is 1. The average molecular weight is 327 g/mol. The summed E-state index contributed by atoms with van der Waals surface area (Å²) in [4.78, 5) is 2.41. The summed E-state index contributed by atoms with van der Waals surface area (Å²) in [5.41, 5.74) is 0. The lowest BCUT2D eigenvalue weighted by Gasteiger charge is -2.05. The summed E-state index contributed by atoms with van der Waals surface area (Å²) in [5.74, 6) is 1.21. The maximum absolute atomic E-state index is 8.69. The van der Waals surface area contributed by atoms with Crippen LogP contribution in [-0.4, -0.2) is 17.5 Å². The third-order valence-electron chi connectivity index (χ3n) is 3.68. The number of hydrogen-bond donors (Lipinski definition) is 2. The van der Waals surface area contributed by atoms with Crippen LogP contribution in [0.5, 0.6) is 0 Å². The molecule has 0 aromatic heterocycles. The van der Waals surface area contributed by atoms with E-state index in [2.05, 4.69) is 30.8 Å². The van der Waals surface area contributed by atoms with Gasteiger partial charge >= 0.3 is 0 Å². The molecule has 1 rings (SSSR count). The zero-order valence-electron chi connectivity index (χ0n) is 13.1. The predicted octanol–water partition coefficient (Wildman–Crippen LogP) is 5.96. The molecule has 0 aliphatic rings. The van der Waals surface area contributed by atoms with Gasteiger partial charge in [0.25, 0.3) is 0 Å². The van der Waals surface area contributed by atoms with Gasteiger partial charge in [0.2, 0.25) is 0 Å². The first-order chi connectivity index (χ1) is 10.3. The van der Waals surface area contributed by atoms with E-state index in [4.69, 9.17) is 5.11 Å². The molecule has 0 amide bonds. The normalized spacial score (nSPS) is 11.0. The van der Waals surface area contributed by atoms with E-state index in [-0.39, 0.29) is 0 Å². The van der Waals surface area contributed by atoms with Crippen molar-refractivity contribution in [2.45, 2.75) is 74.0 Å². The van der Waals surface area contributed by atoms with Crippen LogP contribution in [0.1, 0.15) is 64.2 Å². The highest BCUT2D eigenvalue weighted by molar-refractivity contribution is 7.99. The maximum atomic E-state index is 8.69. The van der Waals surface area contributed by atoms with Crippen molar-refractivity contribution in [1.29, 1.82) is 0 Å². The number of aliphatic hydroxyl groups excluding tert-OH is 1. The first-order valence-corrected chi connectivity index (χ1v) is 9.79. The highest BCUT2D eigenvalue weighted by Crippen LogP contribution is 2.26. The fourth-order valence-corrected chi connectivity index (χ4v) is 3.70. The SMILES string of the molecule is OCCCCCCCCCCCCSc1ccccc1S. The van der Waals surface area contributed by atoms with Gasteiger partial charge in [0.15, 0.2) is 0 Å². The molecule has 0 aliphatic heterocycles. The van der Waals surface area contributed by atoms with Crippen molar-refractivity contribution in [3.8, 4) is 0 Å². The highest BCUT2D eigenvalue weighted by atomic mass is 32.2.